The number of hydrogen-bond acceptors (Lipinski definition) is 4. The van der Waals surface area contributed by atoms with Crippen LogP contribution in [0.1, 0.15) is 0 Å². The second kappa shape index (κ2) is 13.6. The largest absolute Gasteiger partial charge is 0.457 e. The van der Waals surface area contributed by atoms with Crippen molar-refractivity contribution in [1.82, 2.24) is 15.0 Å². The van der Waals surface area contributed by atoms with Crippen LogP contribution in [-0.4, -0.2) is 15.0 Å². The Morgan fingerprint density at radius 3 is 0.857 bits per heavy atom. The van der Waals surface area contributed by atoms with E-state index < -0.39 is 0 Å². The van der Waals surface area contributed by atoms with Gasteiger partial charge in [0.1, 0.15) is 11.5 Å². The minimum Gasteiger partial charge on any atom is -0.457 e. The number of ether oxygens (including phenoxy) is 1. The molecule has 0 aliphatic heterocycles. The molecule has 4 nitrogen and oxygen atoms in total. The molecule has 1 heterocycles. The smallest absolute Gasteiger partial charge is 0.164 e. The van der Waals surface area contributed by atoms with E-state index in [4.69, 9.17) is 19.7 Å². The van der Waals surface area contributed by atoms with E-state index in [0.717, 1.165) is 39.3 Å². The van der Waals surface area contributed by atoms with Gasteiger partial charge in [0.25, 0.3) is 0 Å². The molecule has 0 fully saturated rings. The molecule has 0 aliphatic carbocycles. The van der Waals surface area contributed by atoms with Gasteiger partial charge in [-0.3, -0.25) is 0 Å². The summed E-state index contributed by atoms with van der Waals surface area (Å²) >= 11 is 0. The first kappa shape index (κ1) is 29.7. The summed E-state index contributed by atoms with van der Waals surface area (Å²) in [6, 6.07) is 63.9. The SMILES string of the molecule is c1ccc(-c2cc(-c3ccccc3)cc(-c3ccc(Oc4ccc(-c5nc(-c6ccccc6)nc(-c6ccccc6)n5)cc4)cc3)c2)cc1. The molecule has 0 radical (unpaired) electrons. The van der Waals surface area contributed by atoms with Gasteiger partial charge in [-0.05, 0) is 88.0 Å². The van der Waals surface area contributed by atoms with Crippen molar-refractivity contribution in [3.05, 3.63) is 188 Å². The predicted molar refractivity (Wildman–Crippen MR) is 199 cm³/mol. The molecule has 8 aromatic rings. The fourth-order valence-corrected chi connectivity index (χ4v) is 5.85. The summed E-state index contributed by atoms with van der Waals surface area (Å²) in [6.07, 6.45) is 0. The molecule has 0 bridgehead atoms. The van der Waals surface area contributed by atoms with Gasteiger partial charge in [-0.1, -0.05) is 133 Å². The topological polar surface area (TPSA) is 47.9 Å². The third-order valence-electron chi connectivity index (χ3n) is 8.38. The minimum absolute atomic E-state index is 0.608. The molecule has 7 aromatic carbocycles. The van der Waals surface area contributed by atoms with E-state index in [2.05, 4.69) is 78.9 Å². The number of aromatic nitrogens is 3. The number of nitrogens with zero attached hydrogens (tertiary/aromatic N) is 3. The van der Waals surface area contributed by atoms with Crippen LogP contribution >= 0.6 is 0 Å². The van der Waals surface area contributed by atoms with Gasteiger partial charge in [-0.2, -0.15) is 0 Å². The number of hydrogen-bond donors (Lipinski definition) is 0. The fraction of sp³-hybridized carbons (Fsp3) is 0. The summed E-state index contributed by atoms with van der Waals surface area (Å²) in [7, 11) is 0. The van der Waals surface area contributed by atoms with E-state index in [9.17, 15) is 0 Å². The van der Waals surface area contributed by atoms with Crippen LogP contribution in [0.15, 0.2) is 188 Å². The van der Waals surface area contributed by atoms with Crippen LogP contribution in [0.25, 0.3) is 67.5 Å². The van der Waals surface area contributed by atoms with Crippen molar-refractivity contribution >= 4 is 0 Å². The van der Waals surface area contributed by atoms with E-state index in [1.165, 1.54) is 22.3 Å². The van der Waals surface area contributed by atoms with Gasteiger partial charge in [0.05, 0.1) is 0 Å². The zero-order chi connectivity index (χ0) is 32.8. The summed E-state index contributed by atoms with van der Waals surface area (Å²) in [6.45, 7) is 0. The van der Waals surface area contributed by atoms with Gasteiger partial charge in [-0.15, -0.1) is 0 Å². The molecule has 4 heteroatoms. The molecule has 0 N–H and O–H groups in total. The Morgan fingerprint density at radius 1 is 0.245 bits per heavy atom. The zero-order valence-electron chi connectivity index (χ0n) is 26.6. The summed E-state index contributed by atoms with van der Waals surface area (Å²) < 4.78 is 6.28. The Labute approximate surface area is 286 Å². The van der Waals surface area contributed by atoms with Crippen molar-refractivity contribution in [2.45, 2.75) is 0 Å². The van der Waals surface area contributed by atoms with Gasteiger partial charge in [0.15, 0.2) is 17.5 Å². The number of rotatable bonds is 8. The van der Waals surface area contributed by atoms with E-state index in [1.807, 2.05) is 109 Å². The molecule has 0 saturated heterocycles. The minimum atomic E-state index is 0.608. The normalized spacial score (nSPS) is 10.9. The molecule has 1 aromatic heterocycles. The van der Waals surface area contributed by atoms with E-state index in [1.54, 1.807) is 0 Å². The molecule has 49 heavy (non-hydrogen) atoms. The van der Waals surface area contributed by atoms with Crippen molar-refractivity contribution in [2.75, 3.05) is 0 Å². The maximum atomic E-state index is 6.28. The van der Waals surface area contributed by atoms with E-state index >= 15 is 0 Å². The second-order valence-electron chi connectivity index (χ2n) is 11.7. The molecular weight excluding hydrogens is 599 g/mol. The van der Waals surface area contributed by atoms with E-state index in [0.29, 0.717) is 17.5 Å². The first-order valence-electron chi connectivity index (χ1n) is 16.3. The monoisotopic (exact) mass is 629 g/mol. The highest BCUT2D eigenvalue weighted by molar-refractivity contribution is 5.81. The molecule has 8 rings (SSSR count). The zero-order valence-corrected chi connectivity index (χ0v) is 26.6. The Kier molecular flexibility index (Phi) is 8.25. The van der Waals surface area contributed by atoms with Gasteiger partial charge in [0.2, 0.25) is 0 Å². The van der Waals surface area contributed by atoms with Crippen molar-refractivity contribution in [2.24, 2.45) is 0 Å². The van der Waals surface area contributed by atoms with Crippen LogP contribution in [0.2, 0.25) is 0 Å². The van der Waals surface area contributed by atoms with Crippen LogP contribution in [0.3, 0.4) is 0 Å². The van der Waals surface area contributed by atoms with Gasteiger partial charge in [0, 0.05) is 16.7 Å². The van der Waals surface area contributed by atoms with Crippen molar-refractivity contribution < 1.29 is 4.74 Å². The Morgan fingerprint density at radius 2 is 0.510 bits per heavy atom. The van der Waals surface area contributed by atoms with Crippen molar-refractivity contribution in [1.29, 1.82) is 0 Å². The highest BCUT2D eigenvalue weighted by Gasteiger charge is 2.13. The molecule has 0 amide bonds. The average Bonchev–Trinajstić information content (AvgIpc) is 3.19. The number of benzene rings is 7. The molecule has 0 saturated carbocycles. The van der Waals surface area contributed by atoms with E-state index in [-0.39, 0.29) is 0 Å². The lowest BCUT2D eigenvalue weighted by Crippen LogP contribution is -2.00. The third-order valence-corrected chi connectivity index (χ3v) is 8.38. The Bertz CT molecular complexity index is 2020. The Hall–Kier alpha value is -6.65. The first-order chi connectivity index (χ1) is 24.2. The molecule has 0 unspecified atom stereocenters. The third kappa shape index (κ3) is 6.76. The van der Waals surface area contributed by atoms with Crippen LogP contribution < -0.4 is 4.74 Å². The van der Waals surface area contributed by atoms with Crippen molar-refractivity contribution in [3.8, 4) is 79.0 Å². The average molecular weight is 630 g/mol. The second-order valence-corrected chi connectivity index (χ2v) is 11.7. The molecule has 0 atom stereocenters. The van der Waals surface area contributed by atoms with Gasteiger partial charge < -0.3 is 4.74 Å². The maximum Gasteiger partial charge on any atom is 0.164 e. The fourth-order valence-electron chi connectivity index (χ4n) is 5.85. The molecule has 0 spiro atoms. The Balaban J connectivity index is 1.06. The van der Waals surface area contributed by atoms with Gasteiger partial charge >= 0.3 is 0 Å². The van der Waals surface area contributed by atoms with Gasteiger partial charge in [-0.25, -0.2) is 15.0 Å². The highest BCUT2D eigenvalue weighted by Crippen LogP contribution is 2.34. The van der Waals surface area contributed by atoms with Crippen LogP contribution in [0.5, 0.6) is 11.5 Å². The van der Waals surface area contributed by atoms with Crippen LogP contribution in [-0.2, 0) is 0 Å². The predicted octanol–water partition coefficient (Wildman–Crippen LogP) is 11.7. The van der Waals surface area contributed by atoms with Crippen LogP contribution in [0.4, 0.5) is 0 Å². The summed E-state index contributed by atoms with van der Waals surface area (Å²) in [5, 5.41) is 0. The van der Waals surface area contributed by atoms with Crippen molar-refractivity contribution in [3.63, 3.8) is 0 Å². The quantitative estimate of drug-likeness (QED) is 0.168. The summed E-state index contributed by atoms with van der Waals surface area (Å²) in [4.78, 5) is 14.5. The lowest BCUT2D eigenvalue weighted by molar-refractivity contribution is 0.483. The highest BCUT2D eigenvalue weighted by atomic mass is 16.5. The summed E-state index contributed by atoms with van der Waals surface area (Å²) in [5.41, 5.74) is 9.78. The maximum absolute atomic E-state index is 6.28. The molecular formula is C45H31N3O. The lowest BCUT2D eigenvalue weighted by Gasteiger charge is -2.12. The summed E-state index contributed by atoms with van der Waals surface area (Å²) in [5.74, 6) is 3.37. The molecule has 232 valence electrons. The first-order valence-corrected chi connectivity index (χ1v) is 16.3. The molecule has 0 aliphatic rings. The van der Waals surface area contributed by atoms with Crippen LogP contribution in [0, 0.1) is 0 Å². The lowest BCUT2D eigenvalue weighted by atomic mass is 9.93. The standard InChI is InChI=1S/C45H31N3O/c1-5-13-32(14-6-1)38-29-39(33-15-7-2-8-16-33)31-40(30-38)34-21-25-41(26-22-34)49-42-27-23-37(24-28-42)45-47-43(35-17-9-3-10-18-35)46-44(48-45)36-19-11-4-12-20-36/h1-31H.